The van der Waals surface area contributed by atoms with Gasteiger partial charge in [-0.05, 0) is 157 Å². The van der Waals surface area contributed by atoms with E-state index in [0.29, 0.717) is 0 Å². The minimum atomic E-state index is -0.172. The minimum Gasteiger partial charge on any atom is -0.310 e. The largest absolute Gasteiger partial charge is 0.310 e. The molecule has 0 unspecified atom stereocenters. The first-order valence-electron chi connectivity index (χ1n) is 26.3. The summed E-state index contributed by atoms with van der Waals surface area (Å²) in [6, 6.07) is 105. The average Bonchev–Trinajstić information content (AvgIpc) is 4.00. The number of hydrogen-bond acceptors (Lipinski definition) is 2. The Bertz CT molecular complexity index is 4270. The van der Waals surface area contributed by atoms with Crippen molar-refractivity contribution in [1.29, 1.82) is 0 Å². The van der Waals surface area contributed by atoms with Crippen LogP contribution in [-0.2, 0) is 5.41 Å². The highest BCUT2D eigenvalue weighted by Crippen LogP contribution is 2.52. The molecule has 0 spiro atoms. The number of rotatable bonds is 10. The van der Waals surface area contributed by atoms with Crippen LogP contribution in [0.1, 0.15) is 25.0 Å². The lowest BCUT2D eigenvalue weighted by atomic mass is 9.82. The summed E-state index contributed by atoms with van der Waals surface area (Å²) in [6.45, 7) is 4.73. The Morgan fingerprint density at radius 1 is 0.289 bits per heavy atom. The molecule has 1 aliphatic rings. The van der Waals surface area contributed by atoms with Gasteiger partial charge in [-0.3, -0.25) is 0 Å². The van der Waals surface area contributed by atoms with Gasteiger partial charge in [0, 0.05) is 56.0 Å². The first-order chi connectivity index (χ1) is 37.4. The molecule has 76 heavy (non-hydrogen) atoms. The van der Waals surface area contributed by atoms with Crippen molar-refractivity contribution in [2.75, 3.05) is 9.80 Å². The van der Waals surface area contributed by atoms with Gasteiger partial charge in [-0.15, -0.1) is 0 Å². The summed E-state index contributed by atoms with van der Waals surface area (Å²) in [6.07, 6.45) is 0. The molecule has 3 heteroatoms. The standard InChI is InChI=1S/C73H53N3/c1-73(2)68-30-18-17-29-65(68)66-43-41-61(49-69(66)73)75(58-26-13-6-14-27-58)63-46-56(45-62(48-63)74(57-24-11-5-12-25-57)59-37-31-52(32-38-59)50-19-7-3-8-20-50)55-35-42-67-71(47-55)76(70-44-36-54-23-15-16-28-64(54)72(67)70)60-39-33-53(34-40-60)51-21-9-4-10-22-51/h3-49H,1-2H3. The van der Waals surface area contributed by atoms with Gasteiger partial charge in [0.25, 0.3) is 0 Å². The fourth-order valence-electron chi connectivity index (χ4n) is 12.0. The second kappa shape index (κ2) is 18.3. The van der Waals surface area contributed by atoms with Crippen molar-refractivity contribution in [3.63, 3.8) is 0 Å². The van der Waals surface area contributed by atoms with E-state index in [-0.39, 0.29) is 5.41 Å². The van der Waals surface area contributed by atoms with Crippen LogP contribution in [0.15, 0.2) is 285 Å². The topological polar surface area (TPSA) is 11.4 Å². The van der Waals surface area contributed by atoms with Gasteiger partial charge < -0.3 is 14.4 Å². The van der Waals surface area contributed by atoms with Crippen molar-refractivity contribution in [2.24, 2.45) is 0 Å². The zero-order valence-corrected chi connectivity index (χ0v) is 42.5. The van der Waals surface area contributed by atoms with Crippen molar-refractivity contribution in [2.45, 2.75) is 19.3 Å². The van der Waals surface area contributed by atoms with Gasteiger partial charge >= 0.3 is 0 Å². The molecule has 12 aromatic carbocycles. The van der Waals surface area contributed by atoms with Crippen molar-refractivity contribution in [3.05, 3.63) is 296 Å². The van der Waals surface area contributed by atoms with Gasteiger partial charge in [-0.25, -0.2) is 0 Å². The third-order valence-corrected chi connectivity index (χ3v) is 15.7. The van der Waals surface area contributed by atoms with Gasteiger partial charge in [-0.2, -0.15) is 0 Å². The predicted molar refractivity (Wildman–Crippen MR) is 322 cm³/mol. The molecule has 14 rings (SSSR count). The van der Waals surface area contributed by atoms with E-state index in [4.69, 9.17) is 0 Å². The van der Waals surface area contributed by atoms with E-state index in [1.54, 1.807) is 0 Å². The van der Waals surface area contributed by atoms with E-state index in [1.165, 1.54) is 71.6 Å². The van der Waals surface area contributed by atoms with Crippen LogP contribution < -0.4 is 9.80 Å². The van der Waals surface area contributed by atoms with Crippen molar-refractivity contribution in [1.82, 2.24) is 4.57 Å². The van der Waals surface area contributed by atoms with Gasteiger partial charge in [0.2, 0.25) is 0 Å². The lowest BCUT2D eigenvalue weighted by molar-refractivity contribution is 0.660. The molecule has 1 heterocycles. The molecule has 0 aliphatic heterocycles. The number of fused-ring (bicyclic) bond motifs is 8. The van der Waals surface area contributed by atoms with Crippen molar-refractivity contribution >= 4 is 66.7 Å². The number of aromatic nitrogens is 1. The quantitative estimate of drug-likeness (QED) is 0.135. The molecular weight excluding hydrogens is 919 g/mol. The molecule has 360 valence electrons. The maximum absolute atomic E-state index is 2.46. The Hall–Kier alpha value is -9.70. The summed E-state index contributed by atoms with van der Waals surface area (Å²) >= 11 is 0. The molecule has 0 saturated heterocycles. The van der Waals surface area contributed by atoms with Gasteiger partial charge in [0.05, 0.1) is 11.0 Å². The maximum Gasteiger partial charge on any atom is 0.0547 e. The first kappa shape index (κ1) is 45.0. The van der Waals surface area contributed by atoms with E-state index in [2.05, 4.69) is 313 Å². The SMILES string of the molecule is CC1(C)c2ccccc2-c2ccc(N(c3ccccc3)c3cc(-c4ccc5c6c7ccccc7ccc6n(-c6ccc(-c7ccccc7)cc6)c5c4)cc(N(c4ccccc4)c4ccc(-c5ccccc5)cc4)c3)cc21. The number of hydrogen-bond donors (Lipinski definition) is 0. The summed E-state index contributed by atoms with van der Waals surface area (Å²) in [5, 5.41) is 4.95. The zero-order valence-electron chi connectivity index (χ0n) is 42.5. The molecule has 1 aliphatic carbocycles. The molecule has 1 aromatic heterocycles. The summed E-state index contributed by atoms with van der Waals surface area (Å²) in [5.41, 5.74) is 22.0. The van der Waals surface area contributed by atoms with Crippen LogP contribution in [0, 0.1) is 0 Å². The normalized spacial score (nSPS) is 12.4. The Balaban J connectivity index is 1.01. The van der Waals surface area contributed by atoms with Crippen LogP contribution in [-0.4, -0.2) is 4.57 Å². The van der Waals surface area contributed by atoms with E-state index in [1.807, 2.05) is 0 Å². The minimum absolute atomic E-state index is 0.172. The van der Waals surface area contributed by atoms with Crippen LogP contribution in [0.5, 0.6) is 0 Å². The number of nitrogens with zero attached hydrogens (tertiary/aromatic N) is 3. The summed E-state index contributed by atoms with van der Waals surface area (Å²) in [5.74, 6) is 0. The fraction of sp³-hybridized carbons (Fsp3) is 0.0411. The molecule has 0 N–H and O–H groups in total. The van der Waals surface area contributed by atoms with E-state index in [9.17, 15) is 0 Å². The van der Waals surface area contributed by atoms with Crippen LogP contribution >= 0.6 is 0 Å². The second-order valence-corrected chi connectivity index (χ2v) is 20.6. The van der Waals surface area contributed by atoms with Crippen molar-refractivity contribution in [3.8, 4) is 50.2 Å². The molecule has 0 bridgehead atoms. The molecule has 3 nitrogen and oxygen atoms in total. The highest BCUT2D eigenvalue weighted by molar-refractivity contribution is 6.21. The van der Waals surface area contributed by atoms with E-state index in [0.717, 1.165) is 56.5 Å². The number of para-hydroxylation sites is 2. The lowest BCUT2D eigenvalue weighted by Gasteiger charge is -2.31. The predicted octanol–water partition coefficient (Wildman–Crippen LogP) is 20.2. The smallest absolute Gasteiger partial charge is 0.0547 e. The monoisotopic (exact) mass is 971 g/mol. The average molecular weight is 972 g/mol. The van der Waals surface area contributed by atoms with Gasteiger partial charge in [0.1, 0.15) is 0 Å². The molecule has 0 saturated carbocycles. The highest BCUT2D eigenvalue weighted by atomic mass is 15.2. The van der Waals surface area contributed by atoms with Crippen LogP contribution in [0.2, 0.25) is 0 Å². The highest BCUT2D eigenvalue weighted by Gasteiger charge is 2.36. The molecule has 13 aromatic rings. The molecular formula is C73H53N3. The van der Waals surface area contributed by atoms with Gasteiger partial charge in [-0.1, -0.05) is 208 Å². The third-order valence-electron chi connectivity index (χ3n) is 15.7. The molecule has 0 fully saturated rings. The Morgan fingerprint density at radius 3 is 1.45 bits per heavy atom. The first-order valence-corrected chi connectivity index (χ1v) is 26.3. The van der Waals surface area contributed by atoms with E-state index >= 15 is 0 Å². The maximum atomic E-state index is 2.46. The summed E-state index contributed by atoms with van der Waals surface area (Å²) in [4.78, 5) is 4.85. The lowest BCUT2D eigenvalue weighted by Crippen LogP contribution is -2.17. The number of benzene rings is 12. The molecule has 0 atom stereocenters. The van der Waals surface area contributed by atoms with Gasteiger partial charge in [0.15, 0.2) is 0 Å². The summed E-state index contributed by atoms with van der Waals surface area (Å²) < 4.78 is 2.46. The van der Waals surface area contributed by atoms with Crippen LogP contribution in [0.25, 0.3) is 82.8 Å². The summed E-state index contributed by atoms with van der Waals surface area (Å²) in [7, 11) is 0. The number of anilines is 6. The van der Waals surface area contributed by atoms with Crippen LogP contribution in [0.4, 0.5) is 34.1 Å². The zero-order chi connectivity index (χ0) is 50.7. The molecule has 0 radical (unpaired) electrons. The molecule has 0 amide bonds. The third kappa shape index (κ3) is 7.67. The Morgan fingerprint density at radius 2 is 0.789 bits per heavy atom. The fourth-order valence-corrected chi connectivity index (χ4v) is 12.0. The van der Waals surface area contributed by atoms with Crippen LogP contribution in [0.3, 0.4) is 0 Å². The Labute approximate surface area is 444 Å². The van der Waals surface area contributed by atoms with E-state index < -0.39 is 0 Å². The second-order valence-electron chi connectivity index (χ2n) is 20.6. The Kier molecular flexibility index (Phi) is 10.9. The van der Waals surface area contributed by atoms with Crippen molar-refractivity contribution < 1.29 is 0 Å².